The molecular weight excluding hydrogens is 322 g/mol. The molecule has 0 radical (unpaired) electrons. The Bertz CT molecular complexity index is 763. The molecule has 2 aromatic rings. The van der Waals surface area contributed by atoms with Gasteiger partial charge < -0.3 is 14.6 Å². The summed E-state index contributed by atoms with van der Waals surface area (Å²) < 4.78 is 31.2. The first-order chi connectivity index (χ1) is 11.4. The summed E-state index contributed by atoms with van der Waals surface area (Å²) in [6.07, 6.45) is 3.60. The normalized spacial score (nSPS) is 16.8. The molecule has 128 valence electrons. The van der Waals surface area contributed by atoms with Gasteiger partial charge in [-0.3, -0.25) is 10.1 Å². The lowest BCUT2D eigenvalue weighted by atomic mass is 10.1. The molecule has 0 saturated heterocycles. The largest absolute Gasteiger partial charge is 0.427 e. The number of rotatable bonds is 5. The van der Waals surface area contributed by atoms with Crippen LogP contribution >= 0.6 is 0 Å². The number of fused-ring (bicyclic) bond motifs is 1. The van der Waals surface area contributed by atoms with Crippen LogP contribution in [-0.4, -0.2) is 27.1 Å². The maximum Gasteiger partial charge on any atom is 0.387 e. The summed E-state index contributed by atoms with van der Waals surface area (Å²) in [4.78, 5) is 14.6. The smallest absolute Gasteiger partial charge is 0.387 e. The van der Waals surface area contributed by atoms with Crippen LogP contribution in [0.25, 0.3) is 0 Å². The molecule has 1 aliphatic rings. The zero-order valence-electron chi connectivity index (χ0n) is 12.9. The molecule has 1 aliphatic heterocycles. The molecule has 3 rings (SSSR count). The number of aromatic nitrogens is 2. The first kappa shape index (κ1) is 16.2. The number of nitrogens with one attached hydrogen (secondary N) is 1. The van der Waals surface area contributed by atoms with Gasteiger partial charge in [0.15, 0.2) is 0 Å². The number of benzene rings is 1. The van der Waals surface area contributed by atoms with Gasteiger partial charge in [-0.2, -0.15) is 8.78 Å². The molecule has 0 amide bonds. The number of anilines is 1. The van der Waals surface area contributed by atoms with Crippen LogP contribution in [0.2, 0.25) is 0 Å². The molecule has 2 heterocycles. The zero-order chi connectivity index (χ0) is 17.3. The summed E-state index contributed by atoms with van der Waals surface area (Å²) in [6.45, 7) is -0.499. The van der Waals surface area contributed by atoms with Gasteiger partial charge in [-0.1, -0.05) is 0 Å². The highest BCUT2D eigenvalue weighted by Gasteiger charge is 2.22. The molecule has 0 bridgehead atoms. The highest BCUT2D eigenvalue weighted by atomic mass is 19.3. The van der Waals surface area contributed by atoms with Crippen LogP contribution in [0, 0.1) is 17.0 Å². The van der Waals surface area contributed by atoms with Crippen LogP contribution in [0.1, 0.15) is 17.9 Å². The predicted octanol–water partition coefficient (Wildman–Crippen LogP) is 3.13. The molecule has 9 heteroatoms. The van der Waals surface area contributed by atoms with Crippen molar-refractivity contribution < 1.29 is 18.4 Å². The van der Waals surface area contributed by atoms with Crippen LogP contribution < -0.4 is 10.1 Å². The molecule has 1 aromatic carbocycles. The van der Waals surface area contributed by atoms with Crippen molar-refractivity contribution in [3.63, 3.8) is 0 Å². The molecule has 7 nitrogen and oxygen atoms in total. The van der Waals surface area contributed by atoms with E-state index in [1.54, 1.807) is 0 Å². The van der Waals surface area contributed by atoms with Crippen molar-refractivity contribution in [2.75, 3.05) is 5.32 Å². The highest BCUT2D eigenvalue weighted by Crippen LogP contribution is 2.32. The van der Waals surface area contributed by atoms with Crippen LogP contribution in [0.3, 0.4) is 0 Å². The second-order valence-corrected chi connectivity index (χ2v) is 5.65. The molecule has 0 fully saturated rings. The van der Waals surface area contributed by atoms with E-state index in [1.807, 2.05) is 13.1 Å². The Balaban J connectivity index is 1.77. The topological polar surface area (TPSA) is 82.2 Å². The van der Waals surface area contributed by atoms with Crippen molar-refractivity contribution in [2.24, 2.45) is 0 Å². The van der Waals surface area contributed by atoms with Crippen LogP contribution in [0.15, 0.2) is 24.4 Å². The average Bonchev–Trinajstić information content (AvgIpc) is 2.86. The Morgan fingerprint density at radius 1 is 1.50 bits per heavy atom. The number of ether oxygens (including phenoxy) is 1. The summed E-state index contributed by atoms with van der Waals surface area (Å²) in [5, 5.41) is 14.1. The molecule has 1 aromatic heterocycles. The average molecular weight is 338 g/mol. The van der Waals surface area contributed by atoms with Gasteiger partial charge in [-0.25, -0.2) is 4.98 Å². The van der Waals surface area contributed by atoms with Crippen molar-refractivity contribution in [1.29, 1.82) is 0 Å². The van der Waals surface area contributed by atoms with Gasteiger partial charge in [0.2, 0.25) is 5.75 Å². The standard InChI is InChI=1S/C15H16F2N4O3/c1-9-7-20-8-11(3-5-14(20)18-9)19-10-2-4-12(21(22)23)13(6-10)24-15(16)17/h2,4,6-7,11,15,19H,3,5,8H2,1H3/t11-/m0/s1. The molecule has 0 spiro atoms. The minimum absolute atomic E-state index is 0.0759. The Hall–Kier alpha value is -2.71. The Morgan fingerprint density at radius 2 is 2.29 bits per heavy atom. The van der Waals surface area contributed by atoms with E-state index in [4.69, 9.17) is 0 Å². The maximum atomic E-state index is 12.4. The first-order valence-electron chi connectivity index (χ1n) is 7.45. The van der Waals surface area contributed by atoms with Crippen molar-refractivity contribution in [3.8, 4) is 5.75 Å². The summed E-state index contributed by atoms with van der Waals surface area (Å²) in [7, 11) is 0. The third-order valence-corrected chi connectivity index (χ3v) is 3.86. The summed E-state index contributed by atoms with van der Waals surface area (Å²) in [6, 6.07) is 3.96. The van der Waals surface area contributed by atoms with Crippen molar-refractivity contribution in [3.05, 3.63) is 46.0 Å². The minimum Gasteiger partial charge on any atom is -0.427 e. The number of nitro groups is 1. The molecule has 0 aliphatic carbocycles. The Kier molecular flexibility index (Phi) is 4.32. The van der Waals surface area contributed by atoms with Gasteiger partial charge in [0.25, 0.3) is 0 Å². The van der Waals surface area contributed by atoms with Gasteiger partial charge in [-0.05, 0) is 19.4 Å². The summed E-state index contributed by atoms with van der Waals surface area (Å²) in [5.41, 5.74) is 0.965. The van der Waals surface area contributed by atoms with E-state index < -0.39 is 23.0 Å². The van der Waals surface area contributed by atoms with E-state index in [1.165, 1.54) is 12.1 Å². The Labute approximate surface area is 136 Å². The van der Waals surface area contributed by atoms with Crippen molar-refractivity contribution >= 4 is 11.4 Å². The number of hydrogen-bond acceptors (Lipinski definition) is 5. The number of hydrogen-bond donors (Lipinski definition) is 1. The summed E-state index contributed by atoms with van der Waals surface area (Å²) in [5.74, 6) is 0.575. The predicted molar refractivity (Wildman–Crippen MR) is 82.4 cm³/mol. The molecular formula is C15H16F2N4O3. The molecule has 0 saturated carbocycles. The highest BCUT2D eigenvalue weighted by molar-refractivity contribution is 5.58. The maximum absolute atomic E-state index is 12.4. The van der Waals surface area contributed by atoms with E-state index in [0.29, 0.717) is 12.2 Å². The summed E-state index contributed by atoms with van der Waals surface area (Å²) >= 11 is 0. The van der Waals surface area contributed by atoms with E-state index in [2.05, 4.69) is 19.6 Å². The molecule has 1 N–H and O–H groups in total. The second-order valence-electron chi connectivity index (χ2n) is 5.65. The molecule has 0 unspecified atom stereocenters. The van der Waals surface area contributed by atoms with Gasteiger partial charge in [0.05, 0.1) is 10.6 Å². The van der Waals surface area contributed by atoms with Gasteiger partial charge in [-0.15, -0.1) is 0 Å². The number of nitro benzene ring substituents is 1. The fourth-order valence-electron chi connectivity index (χ4n) is 2.88. The zero-order valence-corrected chi connectivity index (χ0v) is 12.9. The first-order valence-corrected chi connectivity index (χ1v) is 7.45. The van der Waals surface area contributed by atoms with Gasteiger partial charge in [0.1, 0.15) is 5.82 Å². The monoisotopic (exact) mass is 338 g/mol. The number of aryl methyl sites for hydroxylation is 2. The number of alkyl halides is 2. The van der Waals surface area contributed by atoms with Gasteiger partial charge >= 0.3 is 12.3 Å². The second kappa shape index (κ2) is 6.42. The van der Waals surface area contributed by atoms with Crippen LogP contribution in [0.4, 0.5) is 20.2 Å². The number of nitrogens with zero attached hydrogens (tertiary/aromatic N) is 3. The fourth-order valence-corrected chi connectivity index (χ4v) is 2.88. The van der Waals surface area contributed by atoms with Crippen LogP contribution in [0.5, 0.6) is 5.75 Å². The number of halogens is 2. The SMILES string of the molecule is Cc1cn2c(n1)CC[C@H](Nc1ccc([N+](=O)[O-])c(OC(F)F)c1)C2. The number of imidazole rings is 1. The molecule has 1 atom stereocenters. The van der Waals surface area contributed by atoms with Gasteiger partial charge in [0, 0.05) is 43.0 Å². The quantitative estimate of drug-likeness (QED) is 0.669. The lowest BCUT2D eigenvalue weighted by Crippen LogP contribution is -2.31. The van der Waals surface area contributed by atoms with Crippen molar-refractivity contribution in [1.82, 2.24) is 9.55 Å². The van der Waals surface area contributed by atoms with E-state index in [0.717, 1.165) is 30.4 Å². The van der Waals surface area contributed by atoms with E-state index in [9.17, 15) is 18.9 Å². The van der Waals surface area contributed by atoms with Crippen molar-refractivity contribution in [2.45, 2.75) is 39.0 Å². The third kappa shape index (κ3) is 3.44. The minimum atomic E-state index is -3.12. The third-order valence-electron chi connectivity index (χ3n) is 3.86. The van der Waals surface area contributed by atoms with E-state index >= 15 is 0 Å². The lowest BCUT2D eigenvalue weighted by Gasteiger charge is -2.25. The fraction of sp³-hybridized carbons (Fsp3) is 0.400. The van der Waals surface area contributed by atoms with Crippen LogP contribution in [-0.2, 0) is 13.0 Å². The molecule has 24 heavy (non-hydrogen) atoms. The Morgan fingerprint density at radius 3 is 3.00 bits per heavy atom. The lowest BCUT2D eigenvalue weighted by molar-refractivity contribution is -0.386. The van der Waals surface area contributed by atoms with E-state index in [-0.39, 0.29) is 6.04 Å².